The number of amides is 1. The maximum absolute atomic E-state index is 12.1. The predicted molar refractivity (Wildman–Crippen MR) is 83.6 cm³/mol. The van der Waals surface area contributed by atoms with Gasteiger partial charge in [-0.25, -0.2) is 0 Å². The Bertz CT molecular complexity index is 613. The number of rotatable bonds is 5. The average molecular weight is 304 g/mol. The van der Waals surface area contributed by atoms with Crippen LogP contribution in [0.25, 0.3) is 0 Å². The molecule has 2 N–H and O–H groups in total. The van der Waals surface area contributed by atoms with Gasteiger partial charge in [-0.15, -0.1) is 11.3 Å². The van der Waals surface area contributed by atoms with Gasteiger partial charge in [0.1, 0.15) is 0 Å². The quantitative estimate of drug-likeness (QED) is 0.889. The SMILES string of the molecule is Cc1ccn(CCNC(=O)c2ccc(C3CCCN3)s2)n1. The van der Waals surface area contributed by atoms with Crippen molar-refractivity contribution in [3.05, 3.63) is 39.8 Å². The number of nitrogens with one attached hydrogen (secondary N) is 2. The van der Waals surface area contributed by atoms with Crippen LogP contribution in [0.3, 0.4) is 0 Å². The third-order valence-corrected chi connectivity index (χ3v) is 4.85. The molecule has 5 nitrogen and oxygen atoms in total. The molecular weight excluding hydrogens is 284 g/mol. The molecule has 2 aromatic heterocycles. The number of aryl methyl sites for hydroxylation is 1. The summed E-state index contributed by atoms with van der Waals surface area (Å²) in [6.07, 6.45) is 4.31. The van der Waals surface area contributed by atoms with E-state index in [-0.39, 0.29) is 5.91 Å². The number of carbonyl (C=O) groups is 1. The van der Waals surface area contributed by atoms with E-state index in [2.05, 4.69) is 21.8 Å². The third kappa shape index (κ3) is 3.51. The number of thiophene rings is 1. The molecule has 1 saturated heterocycles. The average Bonchev–Trinajstić information content (AvgIpc) is 3.19. The van der Waals surface area contributed by atoms with Crippen LogP contribution < -0.4 is 10.6 Å². The molecule has 2 aromatic rings. The van der Waals surface area contributed by atoms with E-state index in [1.54, 1.807) is 11.3 Å². The molecular formula is C15H20N4OS. The van der Waals surface area contributed by atoms with E-state index in [0.717, 1.165) is 17.1 Å². The lowest BCUT2D eigenvalue weighted by Gasteiger charge is -2.06. The Balaban J connectivity index is 1.50. The van der Waals surface area contributed by atoms with Crippen LogP contribution in [0.4, 0.5) is 0 Å². The van der Waals surface area contributed by atoms with Crippen molar-refractivity contribution < 1.29 is 4.79 Å². The van der Waals surface area contributed by atoms with Gasteiger partial charge in [0, 0.05) is 23.7 Å². The van der Waals surface area contributed by atoms with Gasteiger partial charge >= 0.3 is 0 Å². The Hall–Kier alpha value is -1.66. The maximum atomic E-state index is 12.1. The van der Waals surface area contributed by atoms with Gasteiger partial charge in [-0.1, -0.05) is 0 Å². The Morgan fingerprint density at radius 2 is 2.43 bits per heavy atom. The number of hydrogen-bond acceptors (Lipinski definition) is 4. The lowest BCUT2D eigenvalue weighted by atomic mass is 10.2. The van der Waals surface area contributed by atoms with Crippen LogP contribution in [0.15, 0.2) is 24.4 Å². The molecule has 112 valence electrons. The van der Waals surface area contributed by atoms with Gasteiger partial charge in [0.25, 0.3) is 5.91 Å². The minimum absolute atomic E-state index is 0.00752. The highest BCUT2D eigenvalue weighted by atomic mass is 32.1. The first-order chi connectivity index (χ1) is 10.2. The van der Waals surface area contributed by atoms with E-state index in [1.165, 1.54) is 17.7 Å². The highest BCUT2D eigenvalue weighted by Gasteiger charge is 2.19. The second-order valence-corrected chi connectivity index (χ2v) is 6.44. The summed E-state index contributed by atoms with van der Waals surface area (Å²) in [6.45, 7) is 4.32. The molecule has 1 unspecified atom stereocenters. The first-order valence-electron chi connectivity index (χ1n) is 7.34. The topological polar surface area (TPSA) is 59.0 Å². The van der Waals surface area contributed by atoms with E-state index in [9.17, 15) is 4.79 Å². The van der Waals surface area contributed by atoms with E-state index in [4.69, 9.17) is 0 Å². The van der Waals surface area contributed by atoms with Crippen molar-refractivity contribution in [1.29, 1.82) is 0 Å². The minimum Gasteiger partial charge on any atom is -0.349 e. The fourth-order valence-corrected chi connectivity index (χ4v) is 3.58. The van der Waals surface area contributed by atoms with E-state index in [1.807, 2.05) is 29.9 Å². The van der Waals surface area contributed by atoms with Gasteiger partial charge in [0.2, 0.25) is 0 Å². The minimum atomic E-state index is 0.00752. The fraction of sp³-hybridized carbons (Fsp3) is 0.467. The van der Waals surface area contributed by atoms with Gasteiger partial charge in [0.05, 0.1) is 17.1 Å². The molecule has 0 bridgehead atoms. The first-order valence-corrected chi connectivity index (χ1v) is 8.15. The van der Waals surface area contributed by atoms with Gasteiger partial charge in [-0.2, -0.15) is 5.10 Å². The molecule has 1 aliphatic heterocycles. The van der Waals surface area contributed by atoms with Gasteiger partial charge in [-0.05, 0) is 44.5 Å². The van der Waals surface area contributed by atoms with E-state index < -0.39 is 0 Å². The summed E-state index contributed by atoms with van der Waals surface area (Å²) < 4.78 is 1.85. The molecule has 0 spiro atoms. The molecule has 3 heterocycles. The van der Waals surface area contributed by atoms with E-state index in [0.29, 0.717) is 19.1 Å². The summed E-state index contributed by atoms with van der Waals surface area (Å²) in [7, 11) is 0. The first kappa shape index (κ1) is 14.3. The van der Waals surface area contributed by atoms with Crippen molar-refractivity contribution in [2.24, 2.45) is 0 Å². The predicted octanol–water partition coefficient (Wildman–Crippen LogP) is 2.11. The van der Waals surface area contributed by atoms with Crippen LogP contribution in [0.1, 0.15) is 39.1 Å². The molecule has 0 radical (unpaired) electrons. The van der Waals surface area contributed by atoms with Crippen LogP contribution in [-0.4, -0.2) is 28.8 Å². The smallest absolute Gasteiger partial charge is 0.261 e. The Morgan fingerprint density at radius 3 is 3.14 bits per heavy atom. The molecule has 6 heteroatoms. The standard InChI is InChI=1S/C15H20N4OS/c1-11-6-9-19(18-11)10-8-17-15(20)14-5-4-13(21-14)12-3-2-7-16-12/h4-6,9,12,16H,2-3,7-8,10H2,1H3,(H,17,20). The van der Waals surface area contributed by atoms with Crippen molar-refractivity contribution in [2.45, 2.75) is 32.4 Å². The lowest BCUT2D eigenvalue weighted by molar-refractivity contribution is 0.0956. The second kappa shape index (κ2) is 6.41. The zero-order chi connectivity index (χ0) is 14.7. The third-order valence-electron chi connectivity index (χ3n) is 3.65. The Labute approximate surface area is 128 Å². The summed E-state index contributed by atoms with van der Waals surface area (Å²) >= 11 is 1.59. The number of carbonyl (C=O) groups excluding carboxylic acids is 1. The molecule has 1 atom stereocenters. The summed E-state index contributed by atoms with van der Waals surface area (Å²) in [5, 5.41) is 10.7. The molecule has 1 fully saturated rings. The molecule has 21 heavy (non-hydrogen) atoms. The van der Waals surface area contributed by atoms with Crippen molar-refractivity contribution in [1.82, 2.24) is 20.4 Å². The monoisotopic (exact) mass is 304 g/mol. The van der Waals surface area contributed by atoms with Gasteiger partial charge in [0.15, 0.2) is 0 Å². The summed E-state index contributed by atoms with van der Waals surface area (Å²) in [6, 6.07) is 6.39. The van der Waals surface area contributed by atoms with Gasteiger partial charge in [-0.3, -0.25) is 9.48 Å². The van der Waals surface area contributed by atoms with Crippen LogP contribution in [0, 0.1) is 6.92 Å². The molecule has 0 aliphatic carbocycles. The summed E-state index contributed by atoms with van der Waals surface area (Å²) in [5.41, 5.74) is 0.994. The number of aromatic nitrogens is 2. The zero-order valence-corrected chi connectivity index (χ0v) is 12.9. The summed E-state index contributed by atoms with van der Waals surface area (Å²) in [5.74, 6) is 0.00752. The fourth-order valence-electron chi connectivity index (χ4n) is 2.55. The second-order valence-electron chi connectivity index (χ2n) is 5.33. The van der Waals surface area contributed by atoms with Crippen LogP contribution in [-0.2, 0) is 6.54 Å². The van der Waals surface area contributed by atoms with Crippen molar-refractivity contribution >= 4 is 17.2 Å². The largest absolute Gasteiger partial charge is 0.349 e. The highest BCUT2D eigenvalue weighted by molar-refractivity contribution is 7.14. The van der Waals surface area contributed by atoms with Crippen LogP contribution >= 0.6 is 11.3 Å². The normalized spacial score (nSPS) is 18.0. The summed E-state index contributed by atoms with van der Waals surface area (Å²) in [4.78, 5) is 14.2. The van der Waals surface area contributed by atoms with Crippen molar-refractivity contribution in [3.63, 3.8) is 0 Å². The number of hydrogen-bond donors (Lipinski definition) is 2. The Morgan fingerprint density at radius 1 is 1.52 bits per heavy atom. The van der Waals surface area contributed by atoms with Crippen molar-refractivity contribution in [3.8, 4) is 0 Å². The highest BCUT2D eigenvalue weighted by Crippen LogP contribution is 2.29. The molecule has 0 aromatic carbocycles. The van der Waals surface area contributed by atoms with Gasteiger partial charge < -0.3 is 10.6 Å². The van der Waals surface area contributed by atoms with Crippen LogP contribution in [0.2, 0.25) is 0 Å². The van der Waals surface area contributed by atoms with Crippen LogP contribution in [0.5, 0.6) is 0 Å². The zero-order valence-electron chi connectivity index (χ0n) is 12.1. The van der Waals surface area contributed by atoms with Crippen molar-refractivity contribution in [2.75, 3.05) is 13.1 Å². The maximum Gasteiger partial charge on any atom is 0.261 e. The Kier molecular flexibility index (Phi) is 4.36. The lowest BCUT2D eigenvalue weighted by Crippen LogP contribution is -2.26. The number of nitrogens with zero attached hydrogens (tertiary/aromatic N) is 2. The molecule has 1 aliphatic rings. The molecule has 0 saturated carbocycles. The molecule has 3 rings (SSSR count). The molecule has 1 amide bonds. The van der Waals surface area contributed by atoms with E-state index >= 15 is 0 Å².